The van der Waals surface area contributed by atoms with Crippen LogP contribution < -0.4 is 10.5 Å². The van der Waals surface area contributed by atoms with E-state index in [4.69, 9.17) is 10.5 Å². The van der Waals surface area contributed by atoms with Gasteiger partial charge in [0.05, 0.1) is 13.5 Å². The van der Waals surface area contributed by atoms with Gasteiger partial charge in [-0.1, -0.05) is 12.1 Å². The van der Waals surface area contributed by atoms with Gasteiger partial charge in [0.15, 0.2) is 0 Å². The van der Waals surface area contributed by atoms with Crippen molar-refractivity contribution in [3.8, 4) is 5.75 Å². The quantitative estimate of drug-likeness (QED) is 0.844. The van der Waals surface area contributed by atoms with Gasteiger partial charge in [-0.05, 0) is 36.5 Å². The molecular formula is C15H22N2O2. The summed E-state index contributed by atoms with van der Waals surface area (Å²) in [7, 11) is 3.50. The summed E-state index contributed by atoms with van der Waals surface area (Å²) in [4.78, 5) is 14.1. The maximum Gasteiger partial charge on any atom is 0.227 e. The number of nitrogens with zero attached hydrogens (tertiary/aromatic N) is 1. The van der Waals surface area contributed by atoms with Gasteiger partial charge in [0.1, 0.15) is 5.75 Å². The van der Waals surface area contributed by atoms with Crippen molar-refractivity contribution in [1.29, 1.82) is 0 Å². The molecule has 1 saturated carbocycles. The van der Waals surface area contributed by atoms with Crippen LogP contribution in [0.4, 0.5) is 0 Å². The summed E-state index contributed by atoms with van der Waals surface area (Å²) in [6, 6.07) is 7.82. The topological polar surface area (TPSA) is 55.6 Å². The number of nitrogens with two attached hydrogens (primary N) is 1. The third kappa shape index (κ3) is 3.47. The van der Waals surface area contributed by atoms with Crippen molar-refractivity contribution in [3.05, 3.63) is 29.8 Å². The molecule has 0 bridgehead atoms. The molecule has 1 fully saturated rings. The largest absolute Gasteiger partial charge is 0.497 e. The highest BCUT2D eigenvalue weighted by Crippen LogP contribution is 2.34. The first-order valence-electron chi connectivity index (χ1n) is 6.74. The Bertz CT molecular complexity index is 426. The summed E-state index contributed by atoms with van der Waals surface area (Å²) in [5.41, 5.74) is 6.78. The van der Waals surface area contributed by atoms with E-state index >= 15 is 0 Å². The Hall–Kier alpha value is -1.55. The van der Waals surface area contributed by atoms with Gasteiger partial charge in [-0.25, -0.2) is 0 Å². The molecule has 2 rings (SSSR count). The predicted octanol–water partition coefficient (Wildman–Crippen LogP) is 1.43. The van der Waals surface area contributed by atoms with Gasteiger partial charge in [0.25, 0.3) is 0 Å². The van der Waals surface area contributed by atoms with Crippen LogP contribution in [0.2, 0.25) is 0 Å². The monoisotopic (exact) mass is 262 g/mol. The summed E-state index contributed by atoms with van der Waals surface area (Å²) in [6.45, 7) is 0.551. The SMILES string of the molecule is COc1ccc(CC(=O)N(C)C(CN)C2CC2)cc1. The van der Waals surface area contributed by atoms with E-state index in [0.717, 1.165) is 11.3 Å². The molecule has 1 aromatic carbocycles. The molecule has 2 N–H and O–H groups in total. The minimum atomic E-state index is 0.132. The molecule has 1 aliphatic rings. The molecular weight excluding hydrogens is 240 g/mol. The van der Waals surface area contributed by atoms with Crippen molar-refractivity contribution < 1.29 is 9.53 Å². The molecule has 104 valence electrons. The second kappa shape index (κ2) is 6.06. The van der Waals surface area contributed by atoms with Gasteiger partial charge in [-0.3, -0.25) is 4.79 Å². The number of carbonyl (C=O) groups excluding carboxylic acids is 1. The van der Waals surface area contributed by atoms with Crippen LogP contribution in [0.5, 0.6) is 5.75 Å². The summed E-state index contributed by atoms with van der Waals surface area (Å²) in [6.07, 6.45) is 2.81. The van der Waals surface area contributed by atoms with Gasteiger partial charge < -0.3 is 15.4 Å². The van der Waals surface area contributed by atoms with Crippen molar-refractivity contribution in [2.45, 2.75) is 25.3 Å². The molecule has 1 atom stereocenters. The van der Waals surface area contributed by atoms with E-state index in [1.165, 1.54) is 12.8 Å². The van der Waals surface area contributed by atoms with Crippen LogP contribution >= 0.6 is 0 Å². The van der Waals surface area contributed by atoms with Gasteiger partial charge in [0.2, 0.25) is 5.91 Å². The number of benzene rings is 1. The molecule has 1 unspecified atom stereocenters. The van der Waals surface area contributed by atoms with E-state index < -0.39 is 0 Å². The first-order valence-corrected chi connectivity index (χ1v) is 6.74. The molecule has 1 aliphatic carbocycles. The predicted molar refractivity (Wildman–Crippen MR) is 75.0 cm³/mol. The van der Waals surface area contributed by atoms with Gasteiger partial charge >= 0.3 is 0 Å². The second-order valence-corrected chi connectivity index (χ2v) is 5.17. The summed E-state index contributed by atoms with van der Waals surface area (Å²) < 4.78 is 5.11. The van der Waals surface area contributed by atoms with Gasteiger partial charge in [-0.15, -0.1) is 0 Å². The molecule has 4 heteroatoms. The van der Waals surface area contributed by atoms with E-state index in [-0.39, 0.29) is 11.9 Å². The van der Waals surface area contributed by atoms with Crippen LogP contribution in [0.3, 0.4) is 0 Å². The minimum absolute atomic E-state index is 0.132. The maximum atomic E-state index is 12.2. The van der Waals surface area contributed by atoms with Crippen molar-refractivity contribution in [1.82, 2.24) is 4.90 Å². The number of rotatable bonds is 6. The normalized spacial score (nSPS) is 15.9. The first kappa shape index (κ1) is 13.9. The number of likely N-dealkylation sites (N-methyl/N-ethyl adjacent to an activating group) is 1. The third-order valence-corrected chi connectivity index (χ3v) is 3.81. The van der Waals surface area contributed by atoms with Crippen LogP contribution in [0.1, 0.15) is 18.4 Å². The van der Waals surface area contributed by atoms with Crippen LogP contribution in [0, 0.1) is 5.92 Å². The number of methoxy groups -OCH3 is 1. The first-order chi connectivity index (χ1) is 9.15. The Morgan fingerprint density at radius 1 is 1.42 bits per heavy atom. The molecule has 0 spiro atoms. The van der Waals surface area contributed by atoms with Gasteiger partial charge in [-0.2, -0.15) is 0 Å². The number of amides is 1. The zero-order chi connectivity index (χ0) is 13.8. The van der Waals surface area contributed by atoms with Crippen LogP contribution in [0.25, 0.3) is 0 Å². The van der Waals surface area contributed by atoms with Crippen LogP contribution in [-0.2, 0) is 11.2 Å². The van der Waals surface area contributed by atoms with Crippen molar-refractivity contribution >= 4 is 5.91 Å². The van der Waals surface area contributed by atoms with E-state index in [2.05, 4.69) is 0 Å². The lowest BCUT2D eigenvalue weighted by atomic mass is 10.1. The molecule has 0 radical (unpaired) electrons. The minimum Gasteiger partial charge on any atom is -0.497 e. The lowest BCUT2D eigenvalue weighted by Gasteiger charge is -2.27. The number of hydrogen-bond donors (Lipinski definition) is 1. The molecule has 19 heavy (non-hydrogen) atoms. The molecule has 0 heterocycles. The molecule has 0 aromatic heterocycles. The lowest BCUT2D eigenvalue weighted by Crippen LogP contribution is -2.43. The van der Waals surface area contributed by atoms with E-state index in [1.54, 1.807) is 7.11 Å². The highest BCUT2D eigenvalue weighted by atomic mass is 16.5. The van der Waals surface area contributed by atoms with Crippen molar-refractivity contribution in [2.75, 3.05) is 20.7 Å². The van der Waals surface area contributed by atoms with E-state index in [9.17, 15) is 4.79 Å². The zero-order valence-corrected chi connectivity index (χ0v) is 11.6. The summed E-state index contributed by atoms with van der Waals surface area (Å²) in [5, 5.41) is 0. The van der Waals surface area contributed by atoms with Crippen molar-refractivity contribution in [2.24, 2.45) is 11.7 Å². The van der Waals surface area contributed by atoms with Crippen LogP contribution in [-0.4, -0.2) is 37.6 Å². The zero-order valence-electron chi connectivity index (χ0n) is 11.6. The smallest absolute Gasteiger partial charge is 0.227 e. The fourth-order valence-electron chi connectivity index (χ4n) is 2.38. The van der Waals surface area contributed by atoms with Crippen molar-refractivity contribution in [3.63, 3.8) is 0 Å². The highest BCUT2D eigenvalue weighted by molar-refractivity contribution is 5.79. The Kier molecular flexibility index (Phi) is 4.43. The second-order valence-electron chi connectivity index (χ2n) is 5.17. The fraction of sp³-hybridized carbons (Fsp3) is 0.533. The van der Waals surface area contributed by atoms with Crippen LogP contribution in [0.15, 0.2) is 24.3 Å². The third-order valence-electron chi connectivity index (χ3n) is 3.81. The summed E-state index contributed by atoms with van der Waals surface area (Å²) in [5.74, 6) is 1.55. The maximum absolute atomic E-state index is 12.2. The molecule has 4 nitrogen and oxygen atoms in total. The average Bonchev–Trinajstić information content (AvgIpc) is 3.25. The fourth-order valence-corrected chi connectivity index (χ4v) is 2.38. The molecule has 1 amide bonds. The Labute approximate surface area is 114 Å². The Morgan fingerprint density at radius 2 is 2.05 bits per heavy atom. The number of hydrogen-bond acceptors (Lipinski definition) is 3. The van der Waals surface area contributed by atoms with E-state index in [1.807, 2.05) is 36.2 Å². The molecule has 0 aliphatic heterocycles. The standard InChI is InChI=1S/C15H22N2O2/c1-17(14(10-16)12-5-6-12)15(18)9-11-3-7-13(19-2)8-4-11/h3-4,7-8,12,14H,5-6,9-10,16H2,1-2H3. The van der Waals surface area contributed by atoms with Gasteiger partial charge in [0, 0.05) is 19.6 Å². The lowest BCUT2D eigenvalue weighted by molar-refractivity contribution is -0.131. The summed E-state index contributed by atoms with van der Waals surface area (Å²) >= 11 is 0. The molecule has 0 saturated heterocycles. The Balaban J connectivity index is 1.95. The van der Waals surface area contributed by atoms with E-state index in [0.29, 0.717) is 18.9 Å². The highest BCUT2D eigenvalue weighted by Gasteiger charge is 2.34. The number of carbonyl (C=O) groups is 1. The molecule has 1 aromatic rings. The average molecular weight is 262 g/mol. The Morgan fingerprint density at radius 3 is 2.53 bits per heavy atom. The number of ether oxygens (including phenoxy) is 1.